The molecule has 0 radical (unpaired) electrons. The maximum Gasteiger partial charge on any atom is 0.327 e. The van der Waals surface area contributed by atoms with E-state index in [9.17, 15) is 34.2 Å². The van der Waals surface area contributed by atoms with Crippen LogP contribution in [0.2, 0.25) is 0 Å². The van der Waals surface area contributed by atoms with Crippen LogP contribution in [0.1, 0.15) is 71.6 Å². The number of Topliss-reactive ketones (excluding diaryl/α,β-unsaturated/α-hetero) is 1. The maximum atomic E-state index is 13.3. The third-order valence-corrected chi connectivity index (χ3v) is 10.6. The standard InChI is InChI=1S/C28H39NO9S/c1-26-9-7-16(30)11-15(26)3-4-17-18-8-10-28(37,27(18,2)12-20(31)24(17)26)21(32)13-38-23(34)6-5-22(33)29-19(14-39)25(35)36/h11,17-20,24,31,37,39H,3-10,12-14H2,1-2H3,(H,29,33)(H,35,36)/t17-,18-,19-,20+,24+,26-,27-,28-/m0/s1. The molecule has 3 fully saturated rings. The predicted molar refractivity (Wildman–Crippen MR) is 142 cm³/mol. The van der Waals surface area contributed by atoms with Crippen LogP contribution in [-0.2, 0) is 28.7 Å². The average molecular weight is 566 g/mol. The lowest BCUT2D eigenvalue weighted by Gasteiger charge is -2.60. The molecule has 39 heavy (non-hydrogen) atoms. The number of hydrogen-bond donors (Lipinski definition) is 5. The fourth-order valence-electron chi connectivity index (χ4n) is 8.16. The molecule has 8 atom stereocenters. The molecular weight excluding hydrogens is 526 g/mol. The van der Waals surface area contributed by atoms with E-state index in [1.54, 1.807) is 6.08 Å². The maximum absolute atomic E-state index is 13.3. The van der Waals surface area contributed by atoms with Crippen LogP contribution in [-0.4, -0.2) is 74.8 Å². The van der Waals surface area contributed by atoms with E-state index in [2.05, 4.69) is 24.9 Å². The Morgan fingerprint density at radius 3 is 2.54 bits per heavy atom. The number of carboxylic acids is 1. The van der Waals surface area contributed by atoms with Gasteiger partial charge >= 0.3 is 11.9 Å². The van der Waals surface area contributed by atoms with Gasteiger partial charge in [0.25, 0.3) is 0 Å². The number of ketones is 2. The normalized spacial score (nSPS) is 38.0. The van der Waals surface area contributed by atoms with Gasteiger partial charge < -0.3 is 25.4 Å². The smallest absolute Gasteiger partial charge is 0.327 e. The second kappa shape index (κ2) is 11.0. The second-order valence-corrected chi connectivity index (χ2v) is 12.6. The molecule has 10 nitrogen and oxygen atoms in total. The highest BCUT2D eigenvalue weighted by Crippen LogP contribution is 2.67. The van der Waals surface area contributed by atoms with Gasteiger partial charge in [0, 0.05) is 24.0 Å². The van der Waals surface area contributed by atoms with Gasteiger partial charge in [-0.25, -0.2) is 4.79 Å². The number of allylic oxidation sites excluding steroid dienone is 1. The monoisotopic (exact) mass is 565 g/mol. The van der Waals surface area contributed by atoms with E-state index in [-0.39, 0.29) is 60.4 Å². The van der Waals surface area contributed by atoms with Crippen LogP contribution in [0.5, 0.6) is 0 Å². The van der Waals surface area contributed by atoms with Gasteiger partial charge in [-0.05, 0) is 67.8 Å². The fraction of sp³-hybridized carbons (Fsp3) is 0.750. The third-order valence-electron chi connectivity index (χ3n) is 10.2. The van der Waals surface area contributed by atoms with E-state index in [4.69, 9.17) is 9.84 Å². The summed E-state index contributed by atoms with van der Waals surface area (Å²) >= 11 is 3.86. The van der Waals surface area contributed by atoms with Crippen molar-refractivity contribution in [1.29, 1.82) is 0 Å². The largest absolute Gasteiger partial charge is 0.480 e. The molecule has 0 bridgehead atoms. The molecule has 4 aliphatic rings. The van der Waals surface area contributed by atoms with Crippen molar-refractivity contribution in [2.75, 3.05) is 12.4 Å². The number of esters is 1. The molecule has 4 aliphatic carbocycles. The fourth-order valence-corrected chi connectivity index (χ4v) is 8.40. The summed E-state index contributed by atoms with van der Waals surface area (Å²) in [5, 5.41) is 34.4. The summed E-state index contributed by atoms with van der Waals surface area (Å²) in [5.74, 6) is -3.24. The number of thiol groups is 1. The Balaban J connectivity index is 1.39. The molecule has 0 aromatic carbocycles. The number of nitrogens with one attached hydrogen (secondary N) is 1. The number of fused-ring (bicyclic) bond motifs is 5. The van der Waals surface area contributed by atoms with E-state index < -0.39 is 53.4 Å². The van der Waals surface area contributed by atoms with Crippen molar-refractivity contribution in [2.24, 2.45) is 28.6 Å². The van der Waals surface area contributed by atoms with E-state index in [0.717, 1.165) is 18.4 Å². The van der Waals surface area contributed by atoms with Crippen LogP contribution in [0.25, 0.3) is 0 Å². The Hall–Kier alpha value is -2.24. The minimum atomic E-state index is -1.76. The number of aliphatic hydroxyl groups is 2. The summed E-state index contributed by atoms with van der Waals surface area (Å²) in [5.41, 5.74) is -1.82. The minimum absolute atomic E-state index is 0.00395. The number of aliphatic carboxylic acids is 1. The molecular formula is C28H39NO9S. The molecule has 11 heteroatoms. The van der Waals surface area contributed by atoms with Crippen molar-refractivity contribution in [3.8, 4) is 0 Å². The van der Waals surface area contributed by atoms with Gasteiger partial charge in [-0.15, -0.1) is 0 Å². The topological polar surface area (TPSA) is 167 Å². The molecule has 3 saturated carbocycles. The van der Waals surface area contributed by atoms with Crippen molar-refractivity contribution in [1.82, 2.24) is 5.32 Å². The highest BCUT2D eigenvalue weighted by atomic mass is 32.1. The second-order valence-electron chi connectivity index (χ2n) is 12.2. The highest BCUT2D eigenvalue weighted by Gasteiger charge is 2.68. The van der Waals surface area contributed by atoms with Gasteiger partial charge in [0.1, 0.15) is 11.6 Å². The number of carboxylic acid groups (broad SMARTS) is 1. The average Bonchev–Trinajstić information content (AvgIpc) is 3.15. The lowest BCUT2D eigenvalue weighted by Crippen LogP contribution is -2.62. The number of amides is 1. The molecule has 4 rings (SSSR count). The predicted octanol–water partition coefficient (Wildman–Crippen LogP) is 1.61. The lowest BCUT2D eigenvalue weighted by molar-refractivity contribution is -0.184. The molecule has 0 aliphatic heterocycles. The van der Waals surface area contributed by atoms with Crippen molar-refractivity contribution >= 4 is 42.0 Å². The Kier molecular flexibility index (Phi) is 8.36. The molecule has 0 aromatic heterocycles. The number of hydrogen-bond acceptors (Lipinski definition) is 9. The molecule has 4 N–H and O–H groups in total. The summed E-state index contributed by atoms with van der Waals surface area (Å²) in [6.45, 7) is 3.34. The van der Waals surface area contributed by atoms with Crippen LogP contribution in [0.15, 0.2) is 11.6 Å². The van der Waals surface area contributed by atoms with Gasteiger partial charge in [-0.3, -0.25) is 19.2 Å². The number of ether oxygens (including phenoxy) is 1. The first-order chi connectivity index (χ1) is 18.3. The molecule has 1 amide bonds. The first kappa shape index (κ1) is 29.7. The zero-order valence-corrected chi connectivity index (χ0v) is 23.4. The van der Waals surface area contributed by atoms with Crippen LogP contribution in [0.4, 0.5) is 0 Å². The van der Waals surface area contributed by atoms with Crippen molar-refractivity contribution in [3.63, 3.8) is 0 Å². The van der Waals surface area contributed by atoms with Gasteiger partial charge in [0.2, 0.25) is 11.7 Å². The highest BCUT2D eigenvalue weighted by molar-refractivity contribution is 7.80. The van der Waals surface area contributed by atoms with E-state index >= 15 is 0 Å². The number of rotatable bonds is 9. The Morgan fingerprint density at radius 2 is 1.87 bits per heavy atom. The Labute approximate surface area is 233 Å². The number of carbonyl (C=O) groups excluding carboxylic acids is 4. The van der Waals surface area contributed by atoms with Gasteiger partial charge in [0.15, 0.2) is 12.4 Å². The Bertz CT molecular complexity index is 1090. The van der Waals surface area contributed by atoms with Crippen LogP contribution in [0.3, 0.4) is 0 Å². The van der Waals surface area contributed by atoms with Crippen LogP contribution in [0, 0.1) is 28.6 Å². The van der Waals surface area contributed by atoms with Crippen LogP contribution < -0.4 is 5.32 Å². The van der Waals surface area contributed by atoms with Gasteiger partial charge in [0.05, 0.1) is 12.5 Å². The summed E-state index contributed by atoms with van der Waals surface area (Å²) in [7, 11) is 0. The van der Waals surface area contributed by atoms with Gasteiger partial charge in [-0.2, -0.15) is 12.6 Å². The van der Waals surface area contributed by atoms with E-state index in [1.165, 1.54) is 0 Å². The zero-order valence-electron chi connectivity index (χ0n) is 22.5. The number of aliphatic hydroxyl groups excluding tert-OH is 1. The SMILES string of the molecule is C[C@]12CCC(=O)C=C1CC[C@@H]1[C@@H]2[C@H](O)C[C@@]2(C)[C@H]1CC[C@]2(O)C(=O)COC(=O)CCC(=O)N[C@@H](CS)C(=O)O. The minimum Gasteiger partial charge on any atom is -0.480 e. The molecule has 0 saturated heterocycles. The summed E-state index contributed by atoms with van der Waals surface area (Å²) in [4.78, 5) is 60.5. The van der Waals surface area contributed by atoms with E-state index in [0.29, 0.717) is 19.3 Å². The van der Waals surface area contributed by atoms with Crippen molar-refractivity contribution in [2.45, 2.75) is 89.4 Å². The lowest BCUT2D eigenvalue weighted by atomic mass is 9.45. The summed E-state index contributed by atoms with van der Waals surface area (Å²) in [6, 6.07) is -1.18. The first-order valence-electron chi connectivity index (χ1n) is 13.7. The molecule has 0 aromatic rings. The molecule has 216 valence electrons. The molecule has 0 unspecified atom stereocenters. The van der Waals surface area contributed by atoms with Gasteiger partial charge in [-0.1, -0.05) is 19.4 Å². The third kappa shape index (κ3) is 5.17. The van der Waals surface area contributed by atoms with Crippen molar-refractivity contribution < 1.29 is 44.0 Å². The summed E-state index contributed by atoms with van der Waals surface area (Å²) < 4.78 is 5.10. The van der Waals surface area contributed by atoms with E-state index in [1.807, 2.05) is 6.92 Å². The first-order valence-corrected chi connectivity index (χ1v) is 14.4. The zero-order chi connectivity index (χ0) is 28.8. The summed E-state index contributed by atoms with van der Waals surface area (Å²) in [6.07, 6.45) is 4.12. The Morgan fingerprint density at radius 1 is 1.15 bits per heavy atom. The molecule has 0 heterocycles. The molecule has 0 spiro atoms. The number of carbonyl (C=O) groups is 5. The quantitative estimate of drug-likeness (QED) is 0.206. The van der Waals surface area contributed by atoms with Crippen molar-refractivity contribution in [3.05, 3.63) is 11.6 Å². The van der Waals surface area contributed by atoms with Crippen LogP contribution >= 0.6 is 12.6 Å².